The molecule has 3 heteroatoms. The van der Waals surface area contributed by atoms with Crippen molar-refractivity contribution in [3.8, 4) is 11.3 Å². The van der Waals surface area contributed by atoms with Gasteiger partial charge in [0.2, 0.25) is 0 Å². The Kier molecular flexibility index (Phi) is 2.33. The standard InChI is InChI=1S/C15H14N2O/c1-9-12-5-3-10(16)7-14(12)18-15-8-11(17-2)4-6-13(9)15/h3-8H,16H2,1-2H3. The Morgan fingerprint density at radius 1 is 1.11 bits per heavy atom. The summed E-state index contributed by atoms with van der Waals surface area (Å²) in [5, 5.41) is 2.01. The van der Waals surface area contributed by atoms with Crippen LogP contribution in [0.15, 0.2) is 45.8 Å². The zero-order valence-corrected chi connectivity index (χ0v) is 10.4. The predicted molar refractivity (Wildman–Crippen MR) is 73.5 cm³/mol. The molecule has 0 bridgehead atoms. The molecule has 0 unspecified atom stereocenters. The maximum atomic E-state index is 5.91. The fraction of sp³-hybridized carbons (Fsp3) is 0.133. The highest BCUT2D eigenvalue weighted by Gasteiger charge is 2.11. The Morgan fingerprint density at radius 3 is 2.72 bits per heavy atom. The number of nitrogens with zero attached hydrogens (tertiary/aromatic N) is 1. The van der Waals surface area contributed by atoms with Crippen LogP contribution >= 0.6 is 0 Å². The second-order valence-electron chi connectivity index (χ2n) is 4.39. The highest BCUT2D eigenvalue weighted by Crippen LogP contribution is 2.32. The van der Waals surface area contributed by atoms with E-state index in [9.17, 15) is 0 Å². The lowest BCUT2D eigenvalue weighted by Crippen LogP contribution is -2.02. The van der Waals surface area contributed by atoms with Crippen LogP contribution in [0.5, 0.6) is 0 Å². The molecule has 0 saturated heterocycles. The third-order valence-electron chi connectivity index (χ3n) is 3.26. The van der Waals surface area contributed by atoms with Crippen molar-refractivity contribution >= 4 is 16.7 Å². The van der Waals surface area contributed by atoms with Crippen molar-refractivity contribution in [2.24, 2.45) is 4.99 Å². The number of nitrogen functional groups attached to an aromatic ring is 1. The van der Waals surface area contributed by atoms with Gasteiger partial charge in [-0.3, -0.25) is 4.99 Å². The highest BCUT2D eigenvalue weighted by molar-refractivity contribution is 5.89. The largest absolute Gasteiger partial charge is 0.456 e. The van der Waals surface area contributed by atoms with Crippen molar-refractivity contribution in [1.82, 2.24) is 0 Å². The van der Waals surface area contributed by atoms with E-state index in [1.807, 2.05) is 36.4 Å². The van der Waals surface area contributed by atoms with Crippen LogP contribution in [0.2, 0.25) is 0 Å². The normalized spacial score (nSPS) is 12.4. The Labute approximate surface area is 105 Å². The molecule has 0 radical (unpaired) electrons. The van der Waals surface area contributed by atoms with Crippen LogP contribution in [0.4, 0.5) is 5.69 Å². The minimum atomic E-state index is 0.710. The van der Waals surface area contributed by atoms with E-state index in [2.05, 4.69) is 11.9 Å². The van der Waals surface area contributed by atoms with Gasteiger partial charge in [-0.25, -0.2) is 0 Å². The van der Waals surface area contributed by atoms with Crippen molar-refractivity contribution in [2.75, 3.05) is 12.8 Å². The summed E-state index contributed by atoms with van der Waals surface area (Å²) < 4.78 is 5.91. The van der Waals surface area contributed by atoms with Gasteiger partial charge in [0.05, 0.1) is 5.36 Å². The van der Waals surface area contributed by atoms with Gasteiger partial charge in [-0.1, -0.05) is 0 Å². The first-order valence-corrected chi connectivity index (χ1v) is 5.84. The van der Waals surface area contributed by atoms with Crippen LogP contribution in [0.25, 0.3) is 22.3 Å². The van der Waals surface area contributed by atoms with Crippen molar-refractivity contribution in [3.05, 3.63) is 47.3 Å². The molecule has 3 nitrogen and oxygen atoms in total. The summed E-state index contributed by atoms with van der Waals surface area (Å²) in [6, 6.07) is 11.7. The lowest BCUT2D eigenvalue weighted by atomic mass is 10.0. The van der Waals surface area contributed by atoms with Gasteiger partial charge in [0, 0.05) is 35.8 Å². The number of fused-ring (bicyclic) bond motifs is 2. The monoisotopic (exact) mass is 238 g/mol. The van der Waals surface area contributed by atoms with E-state index in [1.165, 1.54) is 5.56 Å². The quantitative estimate of drug-likeness (QED) is 0.483. The molecule has 0 atom stereocenters. The van der Waals surface area contributed by atoms with Crippen molar-refractivity contribution in [1.29, 1.82) is 0 Å². The Hall–Kier alpha value is -2.29. The van der Waals surface area contributed by atoms with Crippen molar-refractivity contribution in [3.63, 3.8) is 0 Å². The molecule has 0 aromatic heterocycles. The third-order valence-corrected chi connectivity index (χ3v) is 3.26. The molecule has 2 N–H and O–H groups in total. The molecule has 1 heterocycles. The number of rotatable bonds is 0. The smallest absolute Gasteiger partial charge is 0.137 e. The SMILES string of the molecule is CN=c1ccc2c(C)c3ccc(N)cc3oc-2c1. The zero-order valence-electron chi connectivity index (χ0n) is 10.4. The van der Waals surface area contributed by atoms with E-state index < -0.39 is 0 Å². The topological polar surface area (TPSA) is 51.5 Å². The summed E-state index contributed by atoms with van der Waals surface area (Å²) in [5.41, 5.74) is 9.63. The lowest BCUT2D eigenvalue weighted by molar-refractivity contribution is 0.617. The van der Waals surface area contributed by atoms with Gasteiger partial charge in [-0.15, -0.1) is 0 Å². The zero-order chi connectivity index (χ0) is 12.7. The predicted octanol–water partition coefficient (Wildman–Crippen LogP) is 2.96. The summed E-state index contributed by atoms with van der Waals surface area (Å²) in [6.07, 6.45) is 0. The summed E-state index contributed by atoms with van der Waals surface area (Å²) in [5.74, 6) is 0.841. The summed E-state index contributed by atoms with van der Waals surface area (Å²) in [6.45, 7) is 2.10. The summed E-state index contributed by atoms with van der Waals surface area (Å²) in [7, 11) is 1.77. The first-order chi connectivity index (χ1) is 8.69. The number of anilines is 1. The van der Waals surface area contributed by atoms with Crippen LogP contribution in [-0.2, 0) is 0 Å². The van der Waals surface area contributed by atoms with Crippen LogP contribution in [0.3, 0.4) is 0 Å². The van der Waals surface area contributed by atoms with Gasteiger partial charge in [0.15, 0.2) is 0 Å². The van der Waals surface area contributed by atoms with E-state index in [0.29, 0.717) is 5.69 Å². The molecule has 1 aliphatic carbocycles. The van der Waals surface area contributed by atoms with Gasteiger partial charge in [0.1, 0.15) is 11.3 Å². The van der Waals surface area contributed by atoms with Crippen LogP contribution < -0.4 is 11.1 Å². The van der Waals surface area contributed by atoms with Gasteiger partial charge in [0.25, 0.3) is 0 Å². The minimum Gasteiger partial charge on any atom is -0.456 e. The Balaban J connectivity index is 2.49. The Morgan fingerprint density at radius 2 is 1.94 bits per heavy atom. The van der Waals surface area contributed by atoms with Crippen molar-refractivity contribution in [2.45, 2.75) is 6.92 Å². The van der Waals surface area contributed by atoms with Gasteiger partial charge < -0.3 is 10.2 Å². The second kappa shape index (κ2) is 3.88. The summed E-state index contributed by atoms with van der Waals surface area (Å²) >= 11 is 0. The first kappa shape index (κ1) is 10.8. The van der Waals surface area contributed by atoms with Crippen molar-refractivity contribution < 1.29 is 4.42 Å². The maximum Gasteiger partial charge on any atom is 0.137 e. The Bertz CT molecular complexity index is 771. The fourth-order valence-corrected chi connectivity index (χ4v) is 2.24. The number of hydrogen-bond acceptors (Lipinski definition) is 3. The van der Waals surface area contributed by atoms with E-state index in [-0.39, 0.29) is 0 Å². The molecule has 1 aliphatic heterocycles. The maximum absolute atomic E-state index is 5.91. The summed E-state index contributed by atoms with van der Waals surface area (Å²) in [4.78, 5) is 4.16. The van der Waals surface area contributed by atoms with Gasteiger partial charge in [-0.05, 0) is 36.8 Å². The highest BCUT2D eigenvalue weighted by atomic mass is 16.3. The van der Waals surface area contributed by atoms with Gasteiger partial charge >= 0.3 is 0 Å². The molecule has 0 spiro atoms. The molecule has 0 fully saturated rings. The number of benzene rings is 2. The molecule has 2 aliphatic rings. The van der Waals surface area contributed by atoms with E-state index in [4.69, 9.17) is 10.2 Å². The second-order valence-corrected chi connectivity index (χ2v) is 4.39. The van der Waals surface area contributed by atoms with Crippen LogP contribution in [0, 0.1) is 6.92 Å². The van der Waals surface area contributed by atoms with E-state index in [0.717, 1.165) is 27.7 Å². The molecule has 3 rings (SSSR count). The molecule has 1 aromatic rings. The fourth-order valence-electron chi connectivity index (χ4n) is 2.24. The molecule has 18 heavy (non-hydrogen) atoms. The minimum absolute atomic E-state index is 0.710. The molecule has 0 amide bonds. The number of hydrogen-bond donors (Lipinski definition) is 1. The molecule has 90 valence electrons. The average molecular weight is 238 g/mol. The van der Waals surface area contributed by atoms with Crippen LogP contribution in [0.1, 0.15) is 5.56 Å². The molecular weight excluding hydrogens is 224 g/mol. The molecule has 0 saturated carbocycles. The van der Waals surface area contributed by atoms with E-state index in [1.54, 1.807) is 7.05 Å². The number of nitrogens with two attached hydrogens (primary N) is 1. The van der Waals surface area contributed by atoms with E-state index >= 15 is 0 Å². The first-order valence-electron chi connectivity index (χ1n) is 5.84. The van der Waals surface area contributed by atoms with Gasteiger partial charge in [-0.2, -0.15) is 0 Å². The molecular formula is C15H14N2O. The third kappa shape index (κ3) is 1.56. The molecule has 1 aromatic carbocycles. The average Bonchev–Trinajstić information content (AvgIpc) is 2.38. The lowest BCUT2D eigenvalue weighted by Gasteiger charge is -2.11. The number of aryl methyl sites for hydroxylation is 1. The van der Waals surface area contributed by atoms with Crippen LogP contribution in [-0.4, -0.2) is 7.05 Å².